The molecule has 0 radical (unpaired) electrons. The van der Waals surface area contributed by atoms with E-state index in [0.717, 1.165) is 67.2 Å². The number of hydrogen-bond acceptors (Lipinski definition) is 30. The average Bonchev–Trinajstić information content (AvgIpc) is 1.24. The van der Waals surface area contributed by atoms with Crippen LogP contribution >= 0.6 is 0 Å². The Morgan fingerprint density at radius 2 is 0.480 bits per heavy atom. The van der Waals surface area contributed by atoms with Crippen LogP contribution in [0.25, 0.3) is 66.2 Å². The van der Waals surface area contributed by atoms with Crippen LogP contribution in [0, 0.1) is 41.1 Å². The molecule has 6 unspecified atom stereocenters. The Morgan fingerprint density at radius 1 is 0.253 bits per heavy atom. The highest BCUT2D eigenvalue weighted by atomic mass is 32.2. The molecule has 0 amide bonds. The second-order valence-corrected chi connectivity index (χ2v) is 34.0. The number of imidazole rings is 6. The van der Waals surface area contributed by atoms with Crippen molar-refractivity contribution in [2.75, 3.05) is 121 Å². The highest BCUT2D eigenvalue weighted by Crippen LogP contribution is 2.31. The lowest BCUT2D eigenvalue weighted by Crippen LogP contribution is -2.06. The van der Waals surface area contributed by atoms with Gasteiger partial charge in [0.15, 0.2) is 30.9 Å². The van der Waals surface area contributed by atoms with E-state index in [1.807, 2.05) is 0 Å². The van der Waals surface area contributed by atoms with Gasteiger partial charge in [-0.25, -0.2) is 29.9 Å². The fourth-order valence-corrected chi connectivity index (χ4v) is 16.1. The number of aromatic amines is 6. The van der Waals surface area contributed by atoms with Gasteiger partial charge < -0.3 is 86.7 Å². The van der Waals surface area contributed by atoms with Gasteiger partial charge in [0, 0.05) is 240 Å². The van der Waals surface area contributed by atoms with Crippen molar-refractivity contribution in [2.45, 2.75) is 145 Å². The van der Waals surface area contributed by atoms with Crippen LogP contribution in [0.4, 0.5) is 0 Å². The minimum absolute atomic E-state index is 0.0154. The number of pyridine rings is 6. The van der Waals surface area contributed by atoms with Crippen molar-refractivity contribution in [3.8, 4) is 34.5 Å². The van der Waals surface area contributed by atoms with Gasteiger partial charge in [0.05, 0.1) is 305 Å². The lowest BCUT2D eigenvalue weighted by atomic mass is 10.2. The third-order valence-corrected chi connectivity index (χ3v) is 23.4. The van der Waals surface area contributed by atoms with Crippen molar-refractivity contribution in [2.24, 2.45) is 0 Å². The Bertz CT molecular complexity index is 11800. The number of hydrogen-bond donors (Lipinski definition) is 6. The largest absolute Gasteiger partial charge is 0.493 e. The first kappa shape index (κ1) is 46.4. The Kier molecular flexibility index (Phi) is 18.5. The normalized spacial score (nSPS) is 23.1. The summed E-state index contributed by atoms with van der Waals surface area (Å²) in [6, 6.07) is 1.19. The van der Waals surface area contributed by atoms with Crippen LogP contribution < -0.4 is 28.4 Å². The van der Waals surface area contributed by atoms with E-state index < -0.39 is 525 Å². The monoisotopic (exact) mass is 2240 g/mol. The van der Waals surface area contributed by atoms with Crippen molar-refractivity contribution >= 4 is 131 Å². The molecular formula is C108H126N18O18S6. The second kappa shape index (κ2) is 59.8. The first-order valence-corrected chi connectivity index (χ1v) is 47.9. The number of rotatable bonds is 48. The summed E-state index contributed by atoms with van der Waals surface area (Å²) in [4.78, 5) is 61.1. The maximum absolute atomic E-state index is 13.5. The predicted octanol–water partition coefficient (Wildman–Crippen LogP) is 17.9. The molecule has 6 N–H and O–H groups in total. The highest BCUT2D eigenvalue weighted by molar-refractivity contribution is 7.85. The molecule has 0 saturated carbocycles. The lowest BCUT2D eigenvalue weighted by Gasteiger charge is -2.11. The molecular weight excluding hydrogens is 2030 g/mol. The summed E-state index contributed by atoms with van der Waals surface area (Å²) in [5.41, 5.74) is -21.4. The van der Waals surface area contributed by atoms with Gasteiger partial charge in [-0.3, -0.25) is 55.2 Å². The first-order chi connectivity index (χ1) is 106. The molecule has 12 heterocycles. The maximum Gasteiger partial charge on any atom is 0.197 e. The minimum atomic E-state index is -3.81. The zero-order chi connectivity index (χ0) is 179. The summed E-state index contributed by atoms with van der Waals surface area (Å²) in [6.45, 7) is -61.1. The van der Waals surface area contributed by atoms with Gasteiger partial charge in [-0.1, -0.05) is 72.6 Å². The number of para-hydroxylation sites is 12. The number of aromatic nitrogens is 18. The molecule has 0 saturated heterocycles. The smallest absolute Gasteiger partial charge is 0.197 e. The Balaban J connectivity index is 0.000000222. The number of methoxy groups -OCH3 is 6. The molecule has 6 atom stereocenters. The summed E-state index contributed by atoms with van der Waals surface area (Å²) < 4.78 is 802. The number of benzene rings is 6. The van der Waals surface area contributed by atoms with Gasteiger partial charge in [0.1, 0.15) is 34.5 Å². The lowest BCUT2D eigenvalue weighted by molar-refractivity contribution is 0.171. The molecule has 42 heteroatoms. The van der Waals surface area contributed by atoms with Gasteiger partial charge in [0.25, 0.3) is 0 Å². The molecule has 0 fully saturated rings. The van der Waals surface area contributed by atoms with E-state index >= 15 is 0 Å². The topological polar surface area (TPSA) is 463 Å². The van der Waals surface area contributed by atoms with Crippen LogP contribution in [0.5, 0.6) is 34.5 Å². The van der Waals surface area contributed by atoms with E-state index in [9.17, 15) is 25.3 Å². The molecule has 18 aromatic rings. The van der Waals surface area contributed by atoms with Crippen molar-refractivity contribution in [3.05, 3.63) is 286 Å². The van der Waals surface area contributed by atoms with Gasteiger partial charge in [-0.15, -0.1) is 0 Å². The molecule has 18 rings (SSSR count). The van der Waals surface area contributed by atoms with Crippen molar-refractivity contribution in [1.29, 1.82) is 0 Å². The van der Waals surface area contributed by atoms with Crippen LogP contribution in [0.3, 0.4) is 0 Å². The quantitative estimate of drug-likeness (QED) is 0.0206. The van der Waals surface area contributed by atoms with E-state index in [1.165, 1.54) is 0 Å². The second-order valence-electron chi connectivity index (χ2n) is 26.5. The van der Waals surface area contributed by atoms with Crippen molar-refractivity contribution in [1.82, 2.24) is 89.7 Å². The van der Waals surface area contributed by atoms with Crippen molar-refractivity contribution < 1.29 is 197 Å². The fraction of sp³-hybridized carbons (Fsp3) is 0.333. The zero-order valence-corrected chi connectivity index (χ0v) is 81.6. The number of H-pyrrole nitrogens is 6. The van der Waals surface area contributed by atoms with E-state index in [1.54, 1.807) is 48.5 Å². The molecule has 0 aliphatic rings. The highest BCUT2D eigenvalue weighted by Gasteiger charge is 2.24. The molecule has 0 bridgehead atoms. The third kappa shape index (κ3) is 33.3. The van der Waals surface area contributed by atoms with Crippen LogP contribution in [0.1, 0.15) is 221 Å². The summed E-state index contributed by atoms with van der Waals surface area (Å²) in [5.74, 6) is -8.61. The molecule has 150 heavy (non-hydrogen) atoms. The average molecular weight is 2240 g/mol. The van der Waals surface area contributed by atoms with E-state index in [4.69, 9.17) is 144 Å². The molecule has 0 spiro atoms. The third-order valence-electron chi connectivity index (χ3n) is 17.1. The number of nitrogens with one attached hydrogen (secondary N) is 6. The summed E-state index contributed by atoms with van der Waals surface area (Å²) in [5, 5.41) is -2.58. The van der Waals surface area contributed by atoms with Crippen LogP contribution in [-0.4, -0.2) is 236 Å². The van der Waals surface area contributed by atoms with Crippen molar-refractivity contribution in [3.63, 3.8) is 0 Å². The standard InChI is InChI=1S/6C18H21N3O3S/c6*1-13-16(19-9-8-17(13)24-11-5-10-23-2)12-25(22)18-20-14-6-3-4-7-15(14)21-18/h6*3-4,6-9H,5,10-12H2,1-2H3,(H,20,21)/i1D3,3D,4D,5D2,6D,7D,8D,9D,10D2,11D2,12D2;1D3,3D,4D,5D2,6D,7D,8D,9D,10D2,11D2;1D3,3D,4D,5D2,6D,7D,10D2,11D2,12D2;1D3,3D,4D,5D2,6D,7D,10D2,11D2;1D3,5D2,8D,9D,10D2,11D2,12D2;1D3,5D2,8D,9D,10D2,11D2. The summed E-state index contributed by atoms with van der Waals surface area (Å²) in [6.07, 6.45) is -23.6. The van der Waals surface area contributed by atoms with Gasteiger partial charge in [-0.05, 0) is 150 Å². The van der Waals surface area contributed by atoms with Gasteiger partial charge in [-0.2, -0.15) is 0 Å². The number of ether oxygens (including phenoxy) is 12. The minimum Gasteiger partial charge on any atom is -0.493 e. The maximum atomic E-state index is 13.5. The molecule has 0 aliphatic heterocycles. The molecule has 0 aliphatic carbocycles. The molecule has 36 nitrogen and oxygen atoms in total. The van der Waals surface area contributed by atoms with Gasteiger partial charge in [0.2, 0.25) is 0 Å². The fourth-order valence-electron chi connectivity index (χ4n) is 10.7. The Morgan fingerprint density at radius 3 is 0.773 bits per heavy atom. The molecule has 792 valence electrons. The number of nitrogens with zero attached hydrogens (tertiary/aromatic N) is 12. The van der Waals surface area contributed by atoms with E-state index in [2.05, 4.69) is 118 Å². The zero-order valence-electron chi connectivity index (χ0n) is 161. The SMILES string of the molecule is [2H]c1c([2H])c([2H])c2[nH]c(S(=O)C([2H])([2H])c3nccc(OC([2H])([2H])C([2H])([2H])C([2H])([2H])OC)c3C([2H])([2H])[2H])nc2c1[2H].[2H]c1c([2H])c([2H])c2[nH]c(S(=O)Cc3nccc(OC([2H])([2H])C([2H])([2H])C([2H])([2H])OC)c3C([2H])([2H])[2H])nc2c1[2H].[2H]c1nc(C([2H])([2H])S(=O)c2nc3c([2H])c([2H])c([2H])c([2H])c3[nH]2)c(C([2H])([2H])[2H])c(OC([2H])([2H])C([2H])([2H])C([2H])([2H])OC)c1[2H].[2H]c1nc(C([2H])([2H])S(=O)c2nc3ccccc3[nH]2)c(C([2H])([2H])[2H])c(OC([2H])([2H])C([2H])([2H])C([2H])([2H])OC)c1[2H].[2H]c1nc(CS(=O)c2nc3c([2H])c([2H])c([2H])c([2H])c3[nH]2)c(C([2H])([2H])[2H])c(OC([2H])([2H])C([2H])([2H])C([2H])([2H])OC)c1[2H].[2H]c1nc(CS(=O)c2nc3ccccc3[nH]2)c(C([2H])([2H])[2H])c(OC([2H])([2H])C([2H])([2H])C([2H])([2H])OC)c1[2H]. The number of fused-ring (bicyclic) bond motifs is 6. The Hall–Kier alpha value is -13.5. The Labute approximate surface area is 1000 Å². The summed E-state index contributed by atoms with van der Waals surface area (Å²) in [7, 11) is -10.8. The van der Waals surface area contributed by atoms with Crippen LogP contribution in [0.2, 0.25) is 0 Å². The van der Waals surface area contributed by atoms with Crippen LogP contribution in [-0.2, 0) is 128 Å². The van der Waals surface area contributed by atoms with E-state index in [0.29, 0.717) is 22.1 Å². The van der Waals surface area contributed by atoms with E-state index in [-0.39, 0.29) is 54.6 Å². The molecule has 12 aromatic heterocycles. The first-order valence-electron chi connectivity index (χ1n) is 82.5. The van der Waals surface area contributed by atoms with Gasteiger partial charge >= 0.3 is 0 Å². The predicted molar refractivity (Wildman–Crippen MR) is 583 cm³/mol. The summed E-state index contributed by atoms with van der Waals surface area (Å²) >= 11 is 0. The van der Waals surface area contributed by atoms with Crippen LogP contribution in [0.15, 0.2) is 250 Å². The molecule has 6 aromatic carbocycles.